The van der Waals surface area contributed by atoms with Crippen LogP contribution in [0, 0.1) is 20.8 Å². The van der Waals surface area contributed by atoms with Crippen molar-refractivity contribution in [2.75, 3.05) is 28.4 Å². The standard InChI is InChI=1S/2C11H16O.C8H10O.C7H8O.3CH4/c1-8(2)10-6-5-9(3)11(7-10)12-4;1-8(2)10-6-5-9(3)7-11(10)12-4;1-7-3-5-8(9-2)6-4-7;1-8-7-5-3-2-4-6-7;;;/h2*5-8H,1-4H3;3-6H,1-2H3;2-6H,1H3;3*1H4. The first-order valence-electron chi connectivity index (χ1n) is 14.0. The van der Waals surface area contributed by atoms with Crippen LogP contribution in [0.5, 0.6) is 23.0 Å². The van der Waals surface area contributed by atoms with Crippen LogP contribution in [0.4, 0.5) is 0 Å². The van der Waals surface area contributed by atoms with Gasteiger partial charge in [0, 0.05) is 0 Å². The van der Waals surface area contributed by atoms with E-state index in [2.05, 4.69) is 84.9 Å². The van der Waals surface area contributed by atoms with Crippen molar-refractivity contribution in [1.82, 2.24) is 0 Å². The summed E-state index contributed by atoms with van der Waals surface area (Å²) >= 11 is 0. The van der Waals surface area contributed by atoms with E-state index < -0.39 is 0 Å². The topological polar surface area (TPSA) is 36.9 Å². The zero-order valence-electron chi connectivity index (χ0n) is 26.9. The third-order valence-electron chi connectivity index (χ3n) is 6.35. The quantitative estimate of drug-likeness (QED) is 0.219. The minimum absolute atomic E-state index is 0. The zero-order valence-corrected chi connectivity index (χ0v) is 26.9. The number of aryl methyl sites for hydroxylation is 3. The van der Waals surface area contributed by atoms with Gasteiger partial charge < -0.3 is 18.9 Å². The molecule has 0 N–H and O–H groups in total. The highest BCUT2D eigenvalue weighted by atomic mass is 16.5. The molecule has 0 heterocycles. The molecule has 0 radical (unpaired) electrons. The molecule has 0 spiro atoms. The van der Waals surface area contributed by atoms with Crippen molar-refractivity contribution in [3.05, 3.63) is 119 Å². The number of ether oxygens (including phenoxy) is 4. The van der Waals surface area contributed by atoms with Gasteiger partial charge in [0.15, 0.2) is 0 Å². The third-order valence-corrected chi connectivity index (χ3v) is 6.35. The van der Waals surface area contributed by atoms with Gasteiger partial charge in [-0.3, -0.25) is 0 Å². The molecule has 0 atom stereocenters. The fourth-order valence-corrected chi connectivity index (χ4v) is 3.72. The van der Waals surface area contributed by atoms with E-state index in [-0.39, 0.29) is 22.3 Å². The molecular formula is C40H62O4. The predicted molar refractivity (Wildman–Crippen MR) is 195 cm³/mol. The molecule has 246 valence electrons. The largest absolute Gasteiger partial charge is 0.497 e. The van der Waals surface area contributed by atoms with Crippen LogP contribution in [0.1, 0.15) is 89.6 Å². The van der Waals surface area contributed by atoms with E-state index in [0.29, 0.717) is 11.8 Å². The summed E-state index contributed by atoms with van der Waals surface area (Å²) in [7, 11) is 6.77. The van der Waals surface area contributed by atoms with E-state index >= 15 is 0 Å². The monoisotopic (exact) mass is 606 g/mol. The molecular weight excluding hydrogens is 544 g/mol. The maximum absolute atomic E-state index is 5.29. The van der Waals surface area contributed by atoms with Crippen LogP contribution in [-0.2, 0) is 0 Å². The van der Waals surface area contributed by atoms with Crippen molar-refractivity contribution < 1.29 is 18.9 Å². The van der Waals surface area contributed by atoms with Crippen LogP contribution in [0.2, 0.25) is 0 Å². The van der Waals surface area contributed by atoms with Gasteiger partial charge in [0.1, 0.15) is 23.0 Å². The van der Waals surface area contributed by atoms with Gasteiger partial charge in [-0.05, 0) is 91.3 Å². The Morgan fingerprint density at radius 2 is 0.955 bits per heavy atom. The lowest BCUT2D eigenvalue weighted by atomic mass is 10.0. The van der Waals surface area contributed by atoms with Crippen molar-refractivity contribution in [3.8, 4) is 23.0 Å². The second-order valence-electron chi connectivity index (χ2n) is 10.3. The first kappa shape index (κ1) is 44.5. The number of methoxy groups -OCH3 is 4. The summed E-state index contributed by atoms with van der Waals surface area (Å²) in [5.74, 6) is 4.92. The summed E-state index contributed by atoms with van der Waals surface area (Å²) in [4.78, 5) is 0. The fourth-order valence-electron chi connectivity index (χ4n) is 3.72. The van der Waals surface area contributed by atoms with Crippen molar-refractivity contribution in [2.45, 2.75) is 82.6 Å². The maximum Gasteiger partial charge on any atom is 0.122 e. The second-order valence-corrected chi connectivity index (χ2v) is 10.3. The normalized spacial score (nSPS) is 9.11. The van der Waals surface area contributed by atoms with Crippen LogP contribution in [0.15, 0.2) is 91.0 Å². The summed E-state index contributed by atoms with van der Waals surface area (Å²) in [6.45, 7) is 14.9. The molecule has 44 heavy (non-hydrogen) atoms. The van der Waals surface area contributed by atoms with Crippen LogP contribution in [0.3, 0.4) is 0 Å². The van der Waals surface area contributed by atoms with Gasteiger partial charge in [-0.25, -0.2) is 0 Å². The highest BCUT2D eigenvalue weighted by molar-refractivity contribution is 5.39. The highest BCUT2D eigenvalue weighted by Crippen LogP contribution is 2.27. The number of hydrogen-bond acceptors (Lipinski definition) is 4. The molecule has 0 aliphatic heterocycles. The van der Waals surface area contributed by atoms with E-state index in [1.807, 2.05) is 54.6 Å². The molecule has 4 aromatic carbocycles. The van der Waals surface area contributed by atoms with E-state index in [9.17, 15) is 0 Å². The molecule has 0 aliphatic rings. The van der Waals surface area contributed by atoms with Crippen LogP contribution in [0.25, 0.3) is 0 Å². The van der Waals surface area contributed by atoms with Crippen molar-refractivity contribution in [2.24, 2.45) is 0 Å². The molecule has 0 amide bonds. The van der Waals surface area contributed by atoms with Gasteiger partial charge in [-0.15, -0.1) is 0 Å². The van der Waals surface area contributed by atoms with E-state index in [4.69, 9.17) is 18.9 Å². The second kappa shape index (κ2) is 24.5. The summed E-state index contributed by atoms with van der Waals surface area (Å²) < 4.78 is 20.4. The number of para-hydroxylation sites is 1. The summed E-state index contributed by atoms with van der Waals surface area (Å²) in [5.41, 5.74) is 6.31. The van der Waals surface area contributed by atoms with Crippen molar-refractivity contribution in [3.63, 3.8) is 0 Å². The average molecular weight is 607 g/mol. The summed E-state index contributed by atoms with van der Waals surface area (Å²) in [5, 5.41) is 0. The Kier molecular flexibility index (Phi) is 24.8. The molecule has 0 saturated heterocycles. The number of rotatable bonds is 6. The zero-order chi connectivity index (χ0) is 30.8. The lowest BCUT2D eigenvalue weighted by Crippen LogP contribution is -1.94. The number of benzene rings is 4. The fraction of sp³-hybridized carbons (Fsp3) is 0.400. The Bertz CT molecular complexity index is 1250. The number of hydrogen-bond donors (Lipinski definition) is 0. The molecule has 4 nitrogen and oxygen atoms in total. The maximum atomic E-state index is 5.29. The van der Waals surface area contributed by atoms with E-state index in [0.717, 1.165) is 23.0 Å². The van der Waals surface area contributed by atoms with Gasteiger partial charge in [0.2, 0.25) is 0 Å². The Hall–Kier alpha value is -3.92. The van der Waals surface area contributed by atoms with Gasteiger partial charge in [-0.2, -0.15) is 0 Å². The third kappa shape index (κ3) is 16.6. The van der Waals surface area contributed by atoms with Gasteiger partial charge in [0.25, 0.3) is 0 Å². The molecule has 0 fully saturated rings. The molecule has 4 aromatic rings. The molecule has 0 aliphatic carbocycles. The average Bonchev–Trinajstić information content (AvgIpc) is 2.98. The molecule has 4 rings (SSSR count). The first-order chi connectivity index (χ1) is 19.6. The smallest absolute Gasteiger partial charge is 0.122 e. The predicted octanol–water partition coefficient (Wildman–Crippen LogP) is 11.9. The van der Waals surface area contributed by atoms with Crippen LogP contribution < -0.4 is 18.9 Å². The molecule has 0 saturated carbocycles. The Balaban J connectivity index is -0.000000504. The Labute approximate surface area is 271 Å². The van der Waals surface area contributed by atoms with Gasteiger partial charge >= 0.3 is 0 Å². The summed E-state index contributed by atoms with van der Waals surface area (Å²) in [6.07, 6.45) is 0. The molecule has 0 bridgehead atoms. The Morgan fingerprint density at radius 1 is 0.455 bits per heavy atom. The van der Waals surface area contributed by atoms with Crippen molar-refractivity contribution in [1.29, 1.82) is 0 Å². The van der Waals surface area contributed by atoms with E-state index in [1.54, 1.807) is 28.4 Å². The summed E-state index contributed by atoms with van der Waals surface area (Å²) in [6, 6.07) is 30.4. The molecule has 4 heteroatoms. The highest BCUT2D eigenvalue weighted by Gasteiger charge is 2.06. The minimum Gasteiger partial charge on any atom is -0.497 e. The molecule has 0 unspecified atom stereocenters. The minimum atomic E-state index is 0. The Morgan fingerprint density at radius 3 is 1.39 bits per heavy atom. The van der Waals surface area contributed by atoms with E-state index in [1.165, 1.54) is 27.8 Å². The van der Waals surface area contributed by atoms with Gasteiger partial charge in [0.05, 0.1) is 28.4 Å². The SMILES string of the molecule is C.C.C.COc1cc(C(C)C)ccc1C.COc1cc(C)ccc1C(C)C.COc1ccc(C)cc1.COc1ccccc1. The lowest BCUT2D eigenvalue weighted by molar-refractivity contribution is 0.407. The van der Waals surface area contributed by atoms with Crippen LogP contribution in [-0.4, -0.2) is 28.4 Å². The molecule has 0 aromatic heterocycles. The van der Waals surface area contributed by atoms with Crippen LogP contribution >= 0.6 is 0 Å². The lowest BCUT2D eigenvalue weighted by Gasteiger charge is -2.11. The van der Waals surface area contributed by atoms with Crippen molar-refractivity contribution >= 4 is 0 Å². The van der Waals surface area contributed by atoms with Gasteiger partial charge in [-0.1, -0.05) is 110 Å². The first-order valence-corrected chi connectivity index (χ1v) is 14.0.